The van der Waals surface area contributed by atoms with E-state index in [1.54, 1.807) is 13.1 Å². The number of carbonyl (C=O) groups is 2. The number of nitrogens with zero attached hydrogens (tertiary/aromatic N) is 5. The molecule has 2 amide bonds. The van der Waals surface area contributed by atoms with Crippen LogP contribution in [0.4, 0.5) is 5.69 Å². The Labute approximate surface area is 149 Å². The molecule has 1 aromatic heterocycles. The van der Waals surface area contributed by atoms with Crippen LogP contribution in [0.5, 0.6) is 0 Å². The highest BCUT2D eigenvalue weighted by Crippen LogP contribution is 2.17. The van der Waals surface area contributed by atoms with Gasteiger partial charge in [-0.25, -0.2) is 4.98 Å². The summed E-state index contributed by atoms with van der Waals surface area (Å²) in [5, 5.41) is 0. The van der Waals surface area contributed by atoms with Crippen LogP contribution in [0.25, 0.3) is 0 Å². The van der Waals surface area contributed by atoms with Gasteiger partial charge < -0.3 is 19.6 Å². The van der Waals surface area contributed by atoms with Gasteiger partial charge in [0.2, 0.25) is 5.91 Å². The lowest BCUT2D eigenvalue weighted by molar-refractivity contribution is -0.129. The van der Waals surface area contributed by atoms with Crippen molar-refractivity contribution < 1.29 is 9.59 Å². The molecule has 0 N–H and O–H groups in total. The van der Waals surface area contributed by atoms with Gasteiger partial charge in [0.25, 0.3) is 5.91 Å². The lowest BCUT2D eigenvalue weighted by Gasteiger charge is -2.35. The largest absolute Gasteiger partial charge is 0.367 e. The van der Waals surface area contributed by atoms with Crippen molar-refractivity contribution >= 4 is 17.5 Å². The summed E-state index contributed by atoms with van der Waals surface area (Å²) in [6.07, 6.45) is 1.78. The minimum atomic E-state index is 0.0173. The summed E-state index contributed by atoms with van der Waals surface area (Å²) in [4.78, 5) is 36.7. The van der Waals surface area contributed by atoms with Gasteiger partial charge in [0.05, 0.1) is 11.9 Å². The van der Waals surface area contributed by atoms with Crippen molar-refractivity contribution in [1.82, 2.24) is 19.7 Å². The fraction of sp³-hybridized carbons (Fsp3) is 0.611. The molecule has 2 fully saturated rings. The number of anilines is 1. The molecule has 0 radical (unpaired) electrons. The zero-order valence-electron chi connectivity index (χ0n) is 15.1. The van der Waals surface area contributed by atoms with Crippen LogP contribution in [0.1, 0.15) is 24.3 Å². The van der Waals surface area contributed by atoms with Gasteiger partial charge in [0, 0.05) is 59.3 Å². The Morgan fingerprint density at radius 2 is 1.60 bits per heavy atom. The summed E-state index contributed by atoms with van der Waals surface area (Å²) in [6.45, 7) is 11.3. The third-order valence-corrected chi connectivity index (χ3v) is 5.16. The molecule has 3 heterocycles. The van der Waals surface area contributed by atoms with Gasteiger partial charge in [-0.15, -0.1) is 0 Å². The average molecular weight is 345 g/mol. The van der Waals surface area contributed by atoms with Crippen molar-refractivity contribution in [2.24, 2.45) is 0 Å². The van der Waals surface area contributed by atoms with Crippen molar-refractivity contribution in [2.45, 2.75) is 13.8 Å². The van der Waals surface area contributed by atoms with Gasteiger partial charge in [-0.3, -0.25) is 9.59 Å². The van der Waals surface area contributed by atoms with Crippen LogP contribution in [0.15, 0.2) is 18.3 Å². The summed E-state index contributed by atoms with van der Waals surface area (Å²) >= 11 is 0. The maximum absolute atomic E-state index is 12.6. The van der Waals surface area contributed by atoms with Crippen LogP contribution < -0.4 is 4.90 Å². The molecule has 1 aromatic rings. The minimum absolute atomic E-state index is 0.0173. The second kappa shape index (κ2) is 7.82. The van der Waals surface area contributed by atoms with E-state index in [2.05, 4.69) is 21.7 Å². The molecule has 2 aliphatic heterocycles. The summed E-state index contributed by atoms with van der Waals surface area (Å²) in [5.74, 6) is 0.144. The van der Waals surface area contributed by atoms with E-state index in [4.69, 9.17) is 0 Å². The second-order valence-electron chi connectivity index (χ2n) is 6.62. The fourth-order valence-corrected chi connectivity index (χ4v) is 3.41. The Morgan fingerprint density at radius 3 is 2.12 bits per heavy atom. The highest BCUT2D eigenvalue weighted by Gasteiger charge is 2.23. The Bertz CT molecular complexity index is 602. The molecule has 136 valence electrons. The SMILES string of the molecule is CCN1CCN(C(=O)c2ccc(N3CCN(C(C)=O)CC3)cn2)CC1. The molecule has 0 spiro atoms. The molecule has 25 heavy (non-hydrogen) atoms. The Balaban J connectivity index is 1.57. The van der Waals surface area contributed by atoms with E-state index in [0.717, 1.165) is 64.6 Å². The van der Waals surface area contributed by atoms with Crippen LogP contribution in [-0.4, -0.2) is 90.4 Å². The van der Waals surface area contributed by atoms with E-state index in [-0.39, 0.29) is 11.8 Å². The van der Waals surface area contributed by atoms with E-state index in [1.165, 1.54) is 0 Å². The summed E-state index contributed by atoms with van der Waals surface area (Å²) in [5.41, 5.74) is 1.52. The first-order chi connectivity index (χ1) is 12.1. The van der Waals surface area contributed by atoms with E-state index in [1.807, 2.05) is 21.9 Å². The number of aromatic nitrogens is 1. The molecule has 3 rings (SSSR count). The molecule has 0 aliphatic carbocycles. The monoisotopic (exact) mass is 345 g/mol. The van der Waals surface area contributed by atoms with Crippen molar-refractivity contribution in [3.8, 4) is 0 Å². The molecule has 2 aliphatic rings. The van der Waals surface area contributed by atoms with E-state index >= 15 is 0 Å². The maximum atomic E-state index is 12.6. The number of piperazine rings is 2. The average Bonchev–Trinajstić information content (AvgIpc) is 2.67. The molecule has 0 saturated carbocycles. The molecule has 7 heteroatoms. The summed E-state index contributed by atoms with van der Waals surface area (Å²) < 4.78 is 0. The van der Waals surface area contributed by atoms with Gasteiger partial charge in [0.15, 0.2) is 0 Å². The van der Waals surface area contributed by atoms with Gasteiger partial charge >= 0.3 is 0 Å². The molecule has 2 saturated heterocycles. The van der Waals surface area contributed by atoms with Crippen LogP contribution in [0.2, 0.25) is 0 Å². The first-order valence-electron chi connectivity index (χ1n) is 9.06. The van der Waals surface area contributed by atoms with Crippen molar-refractivity contribution in [2.75, 3.05) is 63.8 Å². The predicted molar refractivity (Wildman–Crippen MR) is 96.7 cm³/mol. The van der Waals surface area contributed by atoms with Gasteiger partial charge in [0.1, 0.15) is 5.69 Å². The number of rotatable bonds is 3. The summed E-state index contributed by atoms with van der Waals surface area (Å²) in [7, 11) is 0. The van der Waals surface area contributed by atoms with Crippen LogP contribution >= 0.6 is 0 Å². The zero-order valence-corrected chi connectivity index (χ0v) is 15.1. The van der Waals surface area contributed by atoms with E-state index in [0.29, 0.717) is 5.69 Å². The Morgan fingerprint density at radius 1 is 0.960 bits per heavy atom. The highest BCUT2D eigenvalue weighted by molar-refractivity contribution is 5.92. The smallest absolute Gasteiger partial charge is 0.272 e. The van der Waals surface area contributed by atoms with Crippen molar-refractivity contribution in [3.05, 3.63) is 24.0 Å². The van der Waals surface area contributed by atoms with Crippen LogP contribution in [0, 0.1) is 0 Å². The number of likely N-dealkylation sites (N-methyl/N-ethyl adjacent to an activating group) is 1. The lowest BCUT2D eigenvalue weighted by Crippen LogP contribution is -2.48. The standard InChI is InChI=1S/C18H27N5O2/c1-3-20-6-8-23(9-7-20)18(25)17-5-4-16(14-19-17)22-12-10-21(11-13-22)15(2)24/h4-5,14H,3,6-13H2,1-2H3. The third kappa shape index (κ3) is 4.10. The maximum Gasteiger partial charge on any atom is 0.272 e. The predicted octanol–water partition coefficient (Wildman–Crippen LogP) is 0.528. The number of hydrogen-bond acceptors (Lipinski definition) is 5. The van der Waals surface area contributed by atoms with Crippen LogP contribution in [0.3, 0.4) is 0 Å². The highest BCUT2D eigenvalue weighted by atomic mass is 16.2. The third-order valence-electron chi connectivity index (χ3n) is 5.16. The topological polar surface area (TPSA) is 60.0 Å². The van der Waals surface area contributed by atoms with Crippen molar-refractivity contribution in [1.29, 1.82) is 0 Å². The van der Waals surface area contributed by atoms with Gasteiger partial charge in [-0.2, -0.15) is 0 Å². The zero-order chi connectivity index (χ0) is 17.8. The molecule has 0 bridgehead atoms. The molecular weight excluding hydrogens is 318 g/mol. The first-order valence-corrected chi connectivity index (χ1v) is 9.06. The quantitative estimate of drug-likeness (QED) is 0.800. The lowest BCUT2D eigenvalue weighted by atomic mass is 10.2. The molecular formula is C18H27N5O2. The summed E-state index contributed by atoms with van der Waals surface area (Å²) in [6, 6.07) is 3.78. The number of carbonyl (C=O) groups excluding carboxylic acids is 2. The Kier molecular flexibility index (Phi) is 5.53. The number of pyridine rings is 1. The fourth-order valence-electron chi connectivity index (χ4n) is 3.41. The minimum Gasteiger partial charge on any atom is -0.367 e. The number of hydrogen-bond donors (Lipinski definition) is 0. The normalized spacial score (nSPS) is 19.2. The molecule has 0 aromatic carbocycles. The van der Waals surface area contributed by atoms with Crippen LogP contribution in [-0.2, 0) is 4.79 Å². The Hall–Kier alpha value is -2.15. The van der Waals surface area contributed by atoms with E-state index in [9.17, 15) is 9.59 Å². The van der Waals surface area contributed by atoms with Gasteiger partial charge in [-0.1, -0.05) is 6.92 Å². The van der Waals surface area contributed by atoms with Crippen molar-refractivity contribution in [3.63, 3.8) is 0 Å². The molecule has 0 atom stereocenters. The second-order valence-corrected chi connectivity index (χ2v) is 6.62. The molecule has 7 nitrogen and oxygen atoms in total. The van der Waals surface area contributed by atoms with Gasteiger partial charge in [-0.05, 0) is 18.7 Å². The first kappa shape index (κ1) is 17.7. The number of amides is 2. The molecule has 0 unspecified atom stereocenters. The van der Waals surface area contributed by atoms with E-state index < -0.39 is 0 Å².